The van der Waals surface area contributed by atoms with Crippen molar-refractivity contribution in [1.82, 2.24) is 5.32 Å². The molecule has 2 heterocycles. The van der Waals surface area contributed by atoms with Crippen molar-refractivity contribution in [2.24, 2.45) is 0 Å². The third-order valence-electron chi connectivity index (χ3n) is 1.76. The summed E-state index contributed by atoms with van der Waals surface area (Å²) in [4.78, 5) is 1.27. The van der Waals surface area contributed by atoms with E-state index in [4.69, 9.17) is 4.74 Å². The van der Waals surface area contributed by atoms with E-state index in [-0.39, 0.29) is 6.23 Å². The smallest absolute Gasteiger partial charge is 0.144 e. The molecule has 1 aliphatic rings. The summed E-state index contributed by atoms with van der Waals surface area (Å²) < 4.78 is 5.60. The molecule has 0 aliphatic carbocycles. The van der Waals surface area contributed by atoms with Gasteiger partial charge in [-0.15, -0.1) is 11.3 Å². The van der Waals surface area contributed by atoms with E-state index in [2.05, 4.69) is 23.7 Å². The van der Waals surface area contributed by atoms with Crippen LogP contribution in [0.2, 0.25) is 0 Å². The number of hydrogen-bond acceptors (Lipinski definition) is 3. The molecule has 2 atom stereocenters. The van der Waals surface area contributed by atoms with Crippen molar-refractivity contribution < 1.29 is 4.74 Å². The molecule has 2 nitrogen and oxygen atoms in total. The molecular weight excluding hydrogens is 158 g/mol. The SMILES string of the molecule is CC1CNC(c2cccs2)O1. The topological polar surface area (TPSA) is 21.3 Å². The summed E-state index contributed by atoms with van der Waals surface area (Å²) in [6.45, 7) is 3.04. The van der Waals surface area contributed by atoms with Gasteiger partial charge in [-0.3, -0.25) is 5.32 Å². The van der Waals surface area contributed by atoms with E-state index in [0.29, 0.717) is 6.10 Å². The first-order valence-corrected chi connectivity index (χ1v) is 4.66. The zero-order valence-electron chi connectivity index (χ0n) is 6.41. The van der Waals surface area contributed by atoms with Gasteiger partial charge in [0.2, 0.25) is 0 Å². The zero-order valence-corrected chi connectivity index (χ0v) is 7.23. The predicted molar refractivity (Wildman–Crippen MR) is 45.6 cm³/mol. The molecule has 1 aromatic heterocycles. The van der Waals surface area contributed by atoms with Gasteiger partial charge in [0.05, 0.1) is 6.10 Å². The quantitative estimate of drug-likeness (QED) is 0.691. The van der Waals surface area contributed by atoms with Crippen LogP contribution in [0.5, 0.6) is 0 Å². The number of nitrogens with one attached hydrogen (secondary N) is 1. The lowest BCUT2D eigenvalue weighted by Crippen LogP contribution is -2.13. The molecule has 0 amide bonds. The monoisotopic (exact) mass is 169 g/mol. The molecule has 0 spiro atoms. The summed E-state index contributed by atoms with van der Waals surface area (Å²) in [5.41, 5.74) is 0. The van der Waals surface area contributed by atoms with E-state index in [9.17, 15) is 0 Å². The first-order valence-electron chi connectivity index (χ1n) is 3.78. The Hall–Kier alpha value is -0.380. The summed E-state index contributed by atoms with van der Waals surface area (Å²) in [6, 6.07) is 4.15. The highest BCUT2D eigenvalue weighted by atomic mass is 32.1. The second-order valence-corrected chi connectivity index (χ2v) is 3.73. The van der Waals surface area contributed by atoms with E-state index in [1.54, 1.807) is 11.3 Å². The second-order valence-electron chi connectivity index (χ2n) is 2.75. The minimum atomic E-state index is 0.144. The van der Waals surface area contributed by atoms with Crippen molar-refractivity contribution in [2.45, 2.75) is 19.3 Å². The summed E-state index contributed by atoms with van der Waals surface area (Å²) in [6.07, 6.45) is 0.493. The molecule has 1 saturated heterocycles. The van der Waals surface area contributed by atoms with Crippen LogP contribution >= 0.6 is 11.3 Å². The van der Waals surface area contributed by atoms with Gasteiger partial charge in [-0.2, -0.15) is 0 Å². The molecule has 3 heteroatoms. The van der Waals surface area contributed by atoms with Gasteiger partial charge in [0.1, 0.15) is 6.23 Å². The fourth-order valence-corrected chi connectivity index (χ4v) is 1.94. The molecule has 0 bridgehead atoms. The second kappa shape index (κ2) is 2.93. The number of rotatable bonds is 1. The molecule has 2 rings (SSSR count). The molecule has 0 aromatic carbocycles. The summed E-state index contributed by atoms with van der Waals surface area (Å²) in [5.74, 6) is 0. The number of thiophene rings is 1. The number of ether oxygens (including phenoxy) is 1. The van der Waals surface area contributed by atoms with Gasteiger partial charge in [-0.25, -0.2) is 0 Å². The van der Waals surface area contributed by atoms with E-state index in [1.807, 2.05) is 6.07 Å². The Labute approximate surface area is 70.2 Å². The maximum Gasteiger partial charge on any atom is 0.144 e. The van der Waals surface area contributed by atoms with E-state index in [1.165, 1.54) is 4.88 Å². The summed E-state index contributed by atoms with van der Waals surface area (Å²) in [5, 5.41) is 5.37. The summed E-state index contributed by atoms with van der Waals surface area (Å²) >= 11 is 1.73. The van der Waals surface area contributed by atoms with Gasteiger partial charge in [-0.05, 0) is 18.4 Å². The first-order chi connectivity index (χ1) is 5.36. The average Bonchev–Trinajstić information content (AvgIpc) is 2.55. The fourth-order valence-electron chi connectivity index (χ4n) is 1.21. The maximum atomic E-state index is 5.60. The van der Waals surface area contributed by atoms with Crippen LogP contribution in [0.3, 0.4) is 0 Å². The lowest BCUT2D eigenvalue weighted by molar-refractivity contribution is 0.0533. The average molecular weight is 169 g/mol. The molecule has 1 fully saturated rings. The fraction of sp³-hybridized carbons (Fsp3) is 0.500. The highest BCUT2D eigenvalue weighted by Gasteiger charge is 2.22. The summed E-state index contributed by atoms with van der Waals surface area (Å²) in [7, 11) is 0. The Kier molecular flexibility index (Phi) is 1.94. The zero-order chi connectivity index (χ0) is 7.68. The van der Waals surface area contributed by atoms with Crippen molar-refractivity contribution in [3.05, 3.63) is 22.4 Å². The van der Waals surface area contributed by atoms with E-state index in [0.717, 1.165) is 6.54 Å². The minimum Gasteiger partial charge on any atom is -0.354 e. The van der Waals surface area contributed by atoms with Gasteiger partial charge < -0.3 is 4.74 Å². The van der Waals surface area contributed by atoms with Crippen LogP contribution in [0, 0.1) is 0 Å². The lowest BCUT2D eigenvalue weighted by atomic mass is 10.4. The Bertz CT molecular complexity index is 222. The van der Waals surface area contributed by atoms with Gasteiger partial charge in [0, 0.05) is 11.4 Å². The third kappa shape index (κ3) is 1.45. The highest BCUT2D eigenvalue weighted by molar-refractivity contribution is 7.10. The number of hydrogen-bond donors (Lipinski definition) is 1. The molecule has 60 valence electrons. The third-order valence-corrected chi connectivity index (χ3v) is 2.68. The van der Waals surface area contributed by atoms with Gasteiger partial charge in [0.15, 0.2) is 0 Å². The maximum absolute atomic E-state index is 5.60. The van der Waals surface area contributed by atoms with Crippen LogP contribution in [-0.2, 0) is 4.74 Å². The Balaban J connectivity index is 2.08. The van der Waals surface area contributed by atoms with Crippen molar-refractivity contribution in [3.63, 3.8) is 0 Å². The van der Waals surface area contributed by atoms with Crippen molar-refractivity contribution in [1.29, 1.82) is 0 Å². The highest BCUT2D eigenvalue weighted by Crippen LogP contribution is 2.24. The van der Waals surface area contributed by atoms with Crippen LogP contribution in [0.1, 0.15) is 18.0 Å². The standard InChI is InChI=1S/C8H11NOS/c1-6-5-9-8(10-6)7-3-2-4-11-7/h2-4,6,8-9H,5H2,1H3. The van der Waals surface area contributed by atoms with Crippen LogP contribution in [0.25, 0.3) is 0 Å². The minimum absolute atomic E-state index is 0.144. The van der Waals surface area contributed by atoms with E-state index < -0.39 is 0 Å². The molecule has 0 radical (unpaired) electrons. The molecule has 1 aliphatic heterocycles. The molecule has 1 aromatic rings. The van der Waals surface area contributed by atoms with Crippen LogP contribution in [0.4, 0.5) is 0 Å². The van der Waals surface area contributed by atoms with Crippen molar-refractivity contribution in [3.8, 4) is 0 Å². The van der Waals surface area contributed by atoms with Crippen LogP contribution in [0.15, 0.2) is 17.5 Å². The van der Waals surface area contributed by atoms with Crippen molar-refractivity contribution in [2.75, 3.05) is 6.54 Å². The van der Waals surface area contributed by atoms with Gasteiger partial charge in [0.25, 0.3) is 0 Å². The first kappa shape index (κ1) is 7.28. The van der Waals surface area contributed by atoms with Crippen LogP contribution < -0.4 is 5.32 Å². The van der Waals surface area contributed by atoms with Crippen LogP contribution in [-0.4, -0.2) is 12.6 Å². The molecular formula is C8H11NOS. The Morgan fingerprint density at radius 3 is 3.18 bits per heavy atom. The Morgan fingerprint density at radius 2 is 2.64 bits per heavy atom. The van der Waals surface area contributed by atoms with Gasteiger partial charge in [-0.1, -0.05) is 6.07 Å². The normalized spacial score (nSPS) is 31.0. The van der Waals surface area contributed by atoms with Gasteiger partial charge >= 0.3 is 0 Å². The molecule has 11 heavy (non-hydrogen) atoms. The predicted octanol–water partition coefficient (Wildman–Crippen LogP) is 1.75. The lowest BCUT2D eigenvalue weighted by Gasteiger charge is -2.07. The van der Waals surface area contributed by atoms with E-state index >= 15 is 0 Å². The molecule has 2 unspecified atom stereocenters. The molecule has 0 saturated carbocycles. The van der Waals surface area contributed by atoms with Crippen molar-refractivity contribution >= 4 is 11.3 Å². The Morgan fingerprint density at radius 1 is 1.73 bits per heavy atom. The molecule has 1 N–H and O–H groups in total. The largest absolute Gasteiger partial charge is 0.354 e.